The van der Waals surface area contributed by atoms with Crippen LogP contribution in [0, 0.1) is 5.41 Å². The van der Waals surface area contributed by atoms with Gasteiger partial charge >= 0.3 is 5.97 Å². The third kappa shape index (κ3) is 9.64. The first kappa shape index (κ1) is 21.7. The summed E-state index contributed by atoms with van der Waals surface area (Å²) in [6.07, 6.45) is 6.64. The van der Waals surface area contributed by atoms with Gasteiger partial charge in [0, 0.05) is 0 Å². The second-order valence-electron chi connectivity index (χ2n) is 7.99. The van der Waals surface area contributed by atoms with E-state index in [-0.39, 0.29) is 11.4 Å². The molecular formula is C22H36O3. The van der Waals surface area contributed by atoms with Crippen LogP contribution in [0.15, 0.2) is 18.2 Å². The highest BCUT2D eigenvalue weighted by Gasteiger charge is 2.12. The smallest absolute Gasteiger partial charge is 0.338 e. The molecule has 0 amide bonds. The van der Waals surface area contributed by atoms with Gasteiger partial charge in [-0.1, -0.05) is 53.5 Å². The maximum absolute atomic E-state index is 12.4. The topological polar surface area (TPSA) is 35.5 Å². The predicted octanol–water partition coefficient (Wildman–Crippen LogP) is 5.59. The van der Waals surface area contributed by atoms with E-state index in [0.717, 1.165) is 38.5 Å². The average Bonchev–Trinajstić information content (AvgIpc) is 2.56. The SMILES string of the molecule is CCCCc1cc(CCCC)cc(C(=O)OCCOCC(C)(C)C)c1. The number of unbranched alkanes of at least 4 members (excludes halogenated alkanes) is 2. The maximum Gasteiger partial charge on any atom is 0.338 e. The van der Waals surface area contributed by atoms with Crippen LogP contribution >= 0.6 is 0 Å². The molecule has 0 heterocycles. The Morgan fingerprint density at radius 1 is 0.920 bits per heavy atom. The van der Waals surface area contributed by atoms with Gasteiger partial charge in [-0.15, -0.1) is 0 Å². The molecule has 0 N–H and O–H groups in total. The minimum Gasteiger partial charge on any atom is -0.460 e. The maximum atomic E-state index is 12.4. The summed E-state index contributed by atoms with van der Waals surface area (Å²) in [5.41, 5.74) is 3.29. The van der Waals surface area contributed by atoms with Crippen molar-refractivity contribution >= 4 is 5.97 Å². The molecule has 0 saturated heterocycles. The molecule has 1 aromatic carbocycles. The molecular weight excluding hydrogens is 312 g/mol. The van der Waals surface area contributed by atoms with Crippen molar-refractivity contribution in [1.29, 1.82) is 0 Å². The van der Waals surface area contributed by atoms with Gasteiger partial charge in [0.15, 0.2) is 0 Å². The Morgan fingerprint density at radius 3 is 1.96 bits per heavy atom. The molecule has 0 aromatic heterocycles. The van der Waals surface area contributed by atoms with Crippen molar-refractivity contribution in [3.05, 3.63) is 34.9 Å². The van der Waals surface area contributed by atoms with Gasteiger partial charge < -0.3 is 9.47 Å². The molecule has 0 atom stereocenters. The van der Waals surface area contributed by atoms with E-state index in [0.29, 0.717) is 25.4 Å². The van der Waals surface area contributed by atoms with Gasteiger partial charge in [0.25, 0.3) is 0 Å². The third-order valence-corrected chi connectivity index (χ3v) is 3.92. The third-order valence-electron chi connectivity index (χ3n) is 3.92. The average molecular weight is 349 g/mol. The van der Waals surface area contributed by atoms with Crippen LogP contribution in [0.5, 0.6) is 0 Å². The Kier molecular flexibility index (Phi) is 9.81. The van der Waals surface area contributed by atoms with Crippen LogP contribution in [0.1, 0.15) is 81.8 Å². The molecule has 0 fully saturated rings. The van der Waals surface area contributed by atoms with Crippen molar-refractivity contribution in [2.75, 3.05) is 19.8 Å². The lowest BCUT2D eigenvalue weighted by Crippen LogP contribution is -2.18. The lowest BCUT2D eigenvalue weighted by atomic mass is 9.99. The molecule has 25 heavy (non-hydrogen) atoms. The second-order valence-corrected chi connectivity index (χ2v) is 7.99. The van der Waals surface area contributed by atoms with Crippen LogP contribution < -0.4 is 0 Å². The monoisotopic (exact) mass is 348 g/mol. The Bertz CT molecular complexity index is 488. The molecule has 1 aromatic rings. The van der Waals surface area contributed by atoms with E-state index in [4.69, 9.17) is 9.47 Å². The van der Waals surface area contributed by atoms with Crippen LogP contribution in [-0.4, -0.2) is 25.8 Å². The van der Waals surface area contributed by atoms with Crippen molar-refractivity contribution in [2.24, 2.45) is 5.41 Å². The summed E-state index contributed by atoms with van der Waals surface area (Å²) >= 11 is 0. The van der Waals surface area contributed by atoms with E-state index >= 15 is 0 Å². The minimum atomic E-state index is -0.240. The quantitative estimate of drug-likeness (QED) is 0.386. The number of hydrogen-bond acceptors (Lipinski definition) is 3. The molecule has 0 aliphatic heterocycles. The summed E-state index contributed by atoms with van der Waals surface area (Å²) in [5.74, 6) is -0.240. The largest absolute Gasteiger partial charge is 0.460 e. The summed E-state index contributed by atoms with van der Waals surface area (Å²) in [6.45, 7) is 12.2. The van der Waals surface area contributed by atoms with E-state index in [1.807, 2.05) is 12.1 Å². The molecule has 3 nitrogen and oxygen atoms in total. The highest BCUT2D eigenvalue weighted by Crippen LogP contribution is 2.16. The van der Waals surface area contributed by atoms with Crippen LogP contribution in [0.25, 0.3) is 0 Å². The Labute approximate surface area is 154 Å². The summed E-state index contributed by atoms with van der Waals surface area (Å²) in [7, 11) is 0. The van der Waals surface area contributed by atoms with E-state index in [1.165, 1.54) is 11.1 Å². The fraction of sp³-hybridized carbons (Fsp3) is 0.682. The molecule has 0 unspecified atom stereocenters. The standard InChI is InChI=1S/C22H36O3/c1-6-8-10-18-14-19(11-9-7-2)16-20(15-18)21(23)25-13-12-24-17-22(3,4)5/h14-16H,6-13,17H2,1-5H3. The lowest BCUT2D eigenvalue weighted by molar-refractivity contribution is 0.0179. The molecule has 3 heteroatoms. The predicted molar refractivity (Wildman–Crippen MR) is 104 cm³/mol. The summed E-state index contributed by atoms with van der Waals surface area (Å²) < 4.78 is 11.0. The van der Waals surface area contributed by atoms with Crippen LogP contribution in [0.2, 0.25) is 0 Å². The first-order valence-electron chi connectivity index (χ1n) is 9.73. The lowest BCUT2D eigenvalue weighted by Gasteiger charge is -2.17. The summed E-state index contributed by atoms with van der Waals surface area (Å²) in [5, 5.41) is 0. The normalized spacial score (nSPS) is 11.6. The van der Waals surface area contributed by atoms with Crippen LogP contribution in [0.3, 0.4) is 0 Å². The van der Waals surface area contributed by atoms with Gasteiger partial charge in [0.05, 0.1) is 18.8 Å². The van der Waals surface area contributed by atoms with E-state index in [2.05, 4.69) is 40.7 Å². The van der Waals surface area contributed by atoms with Crippen molar-refractivity contribution in [3.8, 4) is 0 Å². The zero-order valence-corrected chi connectivity index (χ0v) is 16.8. The zero-order chi connectivity index (χ0) is 18.7. The number of benzene rings is 1. The van der Waals surface area contributed by atoms with E-state index < -0.39 is 0 Å². The van der Waals surface area contributed by atoms with Gasteiger partial charge in [0.1, 0.15) is 6.61 Å². The van der Waals surface area contributed by atoms with Crippen molar-refractivity contribution < 1.29 is 14.3 Å². The molecule has 0 bridgehead atoms. The van der Waals surface area contributed by atoms with Crippen molar-refractivity contribution in [1.82, 2.24) is 0 Å². The number of carbonyl (C=O) groups is 1. The van der Waals surface area contributed by atoms with Crippen molar-refractivity contribution in [2.45, 2.75) is 73.1 Å². The molecule has 0 aliphatic carbocycles. The Hall–Kier alpha value is -1.35. The number of ether oxygens (including phenoxy) is 2. The molecule has 0 radical (unpaired) electrons. The number of rotatable bonds is 11. The molecule has 1 rings (SSSR count). The number of aryl methyl sites for hydroxylation is 2. The van der Waals surface area contributed by atoms with Gasteiger partial charge in [-0.3, -0.25) is 0 Å². The van der Waals surface area contributed by atoms with Gasteiger partial charge in [-0.25, -0.2) is 4.79 Å². The zero-order valence-electron chi connectivity index (χ0n) is 16.8. The van der Waals surface area contributed by atoms with Crippen LogP contribution in [-0.2, 0) is 22.3 Å². The highest BCUT2D eigenvalue weighted by atomic mass is 16.6. The summed E-state index contributed by atoms with van der Waals surface area (Å²) in [6, 6.07) is 6.22. The molecule has 0 spiro atoms. The Balaban J connectivity index is 2.62. The first-order valence-corrected chi connectivity index (χ1v) is 9.73. The number of hydrogen-bond donors (Lipinski definition) is 0. The molecule has 0 saturated carbocycles. The fourth-order valence-corrected chi connectivity index (χ4v) is 2.59. The van der Waals surface area contributed by atoms with E-state index in [1.54, 1.807) is 0 Å². The van der Waals surface area contributed by atoms with E-state index in [9.17, 15) is 4.79 Å². The highest BCUT2D eigenvalue weighted by molar-refractivity contribution is 5.89. The van der Waals surface area contributed by atoms with Gasteiger partial charge in [0.2, 0.25) is 0 Å². The number of esters is 1. The second kappa shape index (κ2) is 11.3. The molecule has 142 valence electrons. The van der Waals surface area contributed by atoms with Crippen LogP contribution in [0.4, 0.5) is 0 Å². The van der Waals surface area contributed by atoms with Crippen molar-refractivity contribution in [3.63, 3.8) is 0 Å². The van der Waals surface area contributed by atoms with Gasteiger partial charge in [-0.2, -0.15) is 0 Å². The fourth-order valence-electron chi connectivity index (χ4n) is 2.59. The summed E-state index contributed by atoms with van der Waals surface area (Å²) in [4.78, 5) is 12.4. The number of carbonyl (C=O) groups excluding carboxylic acids is 1. The van der Waals surface area contributed by atoms with Gasteiger partial charge in [-0.05, 0) is 54.4 Å². The Morgan fingerprint density at radius 2 is 1.48 bits per heavy atom. The first-order chi connectivity index (χ1) is 11.9. The molecule has 0 aliphatic rings. The minimum absolute atomic E-state index is 0.131.